The van der Waals surface area contributed by atoms with E-state index < -0.39 is 74.6 Å². The third kappa shape index (κ3) is 3.65. The molecule has 2 aliphatic heterocycles. The average Bonchev–Trinajstić information content (AvgIpc) is 2.55. The lowest BCUT2D eigenvalue weighted by Crippen LogP contribution is -2.64. The van der Waals surface area contributed by atoms with Gasteiger partial charge in [-0.25, -0.2) is 0 Å². The van der Waals surface area contributed by atoms with E-state index in [0.717, 1.165) is 0 Å². The number of hydrogen-bond donors (Lipinski definition) is 8. The minimum Gasteiger partial charge on any atom is -0.394 e. The molecule has 0 spiro atoms. The molecule has 23 heavy (non-hydrogen) atoms. The van der Waals surface area contributed by atoms with E-state index in [1.54, 1.807) is 0 Å². The Bertz CT molecular complexity index is 378. The zero-order valence-corrected chi connectivity index (χ0v) is 12.0. The second-order valence-corrected chi connectivity index (χ2v) is 5.53. The van der Waals surface area contributed by atoms with E-state index >= 15 is 0 Å². The summed E-state index contributed by atoms with van der Waals surface area (Å²) in [6.07, 6.45) is -15.6. The van der Waals surface area contributed by atoms with Crippen LogP contribution in [0.1, 0.15) is 0 Å². The molecule has 8 N–H and O–H groups in total. The zero-order valence-electron chi connectivity index (χ0n) is 12.0. The first-order valence-electron chi connectivity index (χ1n) is 7.08. The fraction of sp³-hybridized carbons (Fsp3) is 1.00. The summed E-state index contributed by atoms with van der Waals surface area (Å²) in [5.74, 6) is 0. The Morgan fingerprint density at radius 2 is 1.26 bits per heavy atom. The van der Waals surface area contributed by atoms with E-state index in [-0.39, 0.29) is 0 Å². The molecule has 2 aliphatic rings. The Kier molecular flexibility index (Phi) is 6.27. The second kappa shape index (κ2) is 7.63. The van der Waals surface area contributed by atoms with Crippen molar-refractivity contribution < 1.29 is 55.1 Å². The topological polar surface area (TPSA) is 190 Å². The molecule has 0 aliphatic carbocycles. The van der Waals surface area contributed by atoms with Crippen LogP contribution in [-0.2, 0) is 14.2 Å². The van der Waals surface area contributed by atoms with Gasteiger partial charge in [0.1, 0.15) is 48.8 Å². The summed E-state index contributed by atoms with van der Waals surface area (Å²) >= 11 is 0. The third-order valence-electron chi connectivity index (χ3n) is 3.98. The molecule has 0 aromatic rings. The lowest BCUT2D eigenvalue weighted by molar-refractivity contribution is -0.355. The summed E-state index contributed by atoms with van der Waals surface area (Å²) < 4.78 is 15.3. The average molecular weight is 342 g/mol. The van der Waals surface area contributed by atoms with E-state index in [9.17, 15) is 35.7 Å². The maximum absolute atomic E-state index is 9.94. The van der Waals surface area contributed by atoms with Crippen molar-refractivity contribution in [1.29, 1.82) is 0 Å². The van der Waals surface area contributed by atoms with Crippen molar-refractivity contribution in [1.82, 2.24) is 0 Å². The molecule has 2 rings (SSSR count). The van der Waals surface area contributed by atoms with Crippen LogP contribution in [0.4, 0.5) is 0 Å². The molecular formula is C12H22O11. The van der Waals surface area contributed by atoms with Gasteiger partial charge in [0.25, 0.3) is 0 Å². The van der Waals surface area contributed by atoms with Gasteiger partial charge in [-0.2, -0.15) is 0 Å². The van der Waals surface area contributed by atoms with Crippen LogP contribution in [-0.4, -0.2) is 115 Å². The van der Waals surface area contributed by atoms with Crippen LogP contribution in [0.2, 0.25) is 0 Å². The first-order valence-corrected chi connectivity index (χ1v) is 7.08. The highest BCUT2D eigenvalue weighted by Crippen LogP contribution is 2.28. The minimum absolute atomic E-state index is 0.667. The van der Waals surface area contributed by atoms with Crippen LogP contribution >= 0.6 is 0 Å². The fourth-order valence-corrected chi connectivity index (χ4v) is 2.57. The van der Waals surface area contributed by atoms with Crippen molar-refractivity contribution in [2.75, 3.05) is 13.2 Å². The van der Waals surface area contributed by atoms with E-state index in [1.807, 2.05) is 0 Å². The van der Waals surface area contributed by atoms with Gasteiger partial charge in [0.05, 0.1) is 13.2 Å². The van der Waals surface area contributed by atoms with E-state index in [1.165, 1.54) is 0 Å². The van der Waals surface area contributed by atoms with Crippen LogP contribution in [0.25, 0.3) is 0 Å². The monoisotopic (exact) mass is 342 g/mol. The van der Waals surface area contributed by atoms with Gasteiger partial charge in [-0.15, -0.1) is 0 Å². The highest BCUT2D eigenvalue weighted by molar-refractivity contribution is 4.93. The quantitative estimate of drug-likeness (QED) is 0.243. The Morgan fingerprint density at radius 1 is 0.652 bits per heavy atom. The van der Waals surface area contributed by atoms with Crippen molar-refractivity contribution in [2.45, 2.75) is 61.4 Å². The van der Waals surface area contributed by atoms with Gasteiger partial charge in [0.15, 0.2) is 12.6 Å². The summed E-state index contributed by atoms with van der Waals surface area (Å²) in [7, 11) is 0. The SMILES string of the molecule is OC[C@H]1O[C@@H](O)[C@H](O)[C@@H](O)C1O[C@@H]1O[C@H](CO)[C@H](O)[C@H](O)[C@H]1O. The predicted octanol–water partition coefficient (Wildman–Crippen LogP) is -5.40. The molecule has 0 aromatic carbocycles. The van der Waals surface area contributed by atoms with Crippen molar-refractivity contribution >= 4 is 0 Å². The van der Waals surface area contributed by atoms with Gasteiger partial charge >= 0.3 is 0 Å². The van der Waals surface area contributed by atoms with Crippen LogP contribution in [0.5, 0.6) is 0 Å². The molecule has 136 valence electrons. The van der Waals surface area contributed by atoms with Gasteiger partial charge in [-0.1, -0.05) is 0 Å². The molecule has 0 radical (unpaired) electrons. The maximum Gasteiger partial charge on any atom is 0.187 e. The summed E-state index contributed by atoms with van der Waals surface area (Å²) in [4.78, 5) is 0. The molecule has 0 amide bonds. The molecule has 0 aromatic heterocycles. The normalized spacial score (nSPS) is 51.7. The standard InChI is InChI=1S/C12H22O11/c13-1-3-5(15)6(16)9(19)12(22-3)23-10-4(2-14)21-11(20)8(18)7(10)17/h3-20H,1-2H2/t3-,4-,5+,6+,7-,8-,9-,10?,11-,12+/m1/s1. The number of ether oxygens (including phenoxy) is 3. The van der Waals surface area contributed by atoms with Crippen molar-refractivity contribution in [2.24, 2.45) is 0 Å². The summed E-state index contributed by atoms with van der Waals surface area (Å²) in [5.41, 5.74) is 0. The van der Waals surface area contributed by atoms with Crippen LogP contribution in [0, 0.1) is 0 Å². The molecular weight excluding hydrogens is 320 g/mol. The maximum atomic E-state index is 9.94. The van der Waals surface area contributed by atoms with Crippen LogP contribution in [0.15, 0.2) is 0 Å². The van der Waals surface area contributed by atoms with E-state index in [0.29, 0.717) is 0 Å². The second-order valence-electron chi connectivity index (χ2n) is 5.53. The molecule has 11 nitrogen and oxygen atoms in total. The first-order chi connectivity index (χ1) is 10.8. The highest BCUT2D eigenvalue weighted by Gasteiger charge is 2.50. The third-order valence-corrected chi connectivity index (χ3v) is 3.98. The number of rotatable bonds is 4. The first kappa shape index (κ1) is 18.9. The lowest BCUT2D eigenvalue weighted by atomic mass is 9.97. The van der Waals surface area contributed by atoms with Gasteiger partial charge in [-0.05, 0) is 0 Å². The van der Waals surface area contributed by atoms with Gasteiger partial charge in [0, 0.05) is 0 Å². The Morgan fingerprint density at radius 3 is 1.83 bits per heavy atom. The predicted molar refractivity (Wildman–Crippen MR) is 68.6 cm³/mol. The molecule has 10 atom stereocenters. The van der Waals surface area contributed by atoms with Crippen molar-refractivity contribution in [3.8, 4) is 0 Å². The largest absolute Gasteiger partial charge is 0.394 e. The van der Waals surface area contributed by atoms with Gasteiger partial charge in [0.2, 0.25) is 0 Å². The lowest BCUT2D eigenvalue weighted by Gasteiger charge is -2.45. The highest BCUT2D eigenvalue weighted by atomic mass is 16.7. The Balaban J connectivity index is 2.11. The molecule has 2 heterocycles. The summed E-state index contributed by atoms with van der Waals surface area (Å²) in [6.45, 7) is -1.35. The van der Waals surface area contributed by atoms with Gasteiger partial charge < -0.3 is 55.1 Å². The summed E-state index contributed by atoms with van der Waals surface area (Å²) in [6, 6.07) is 0. The number of aliphatic hydroxyl groups excluding tert-OH is 8. The zero-order chi connectivity index (χ0) is 17.3. The van der Waals surface area contributed by atoms with Crippen LogP contribution < -0.4 is 0 Å². The minimum atomic E-state index is -1.74. The van der Waals surface area contributed by atoms with Crippen LogP contribution in [0.3, 0.4) is 0 Å². The molecule has 1 unspecified atom stereocenters. The van der Waals surface area contributed by atoms with Gasteiger partial charge in [-0.3, -0.25) is 0 Å². The van der Waals surface area contributed by atoms with E-state index in [4.69, 9.17) is 19.3 Å². The Labute approximate surface area is 130 Å². The van der Waals surface area contributed by atoms with E-state index in [2.05, 4.69) is 0 Å². The molecule has 0 bridgehead atoms. The van der Waals surface area contributed by atoms with Crippen molar-refractivity contribution in [3.63, 3.8) is 0 Å². The summed E-state index contributed by atoms with van der Waals surface area (Å²) in [5, 5.41) is 76.5. The fourth-order valence-electron chi connectivity index (χ4n) is 2.57. The molecule has 0 saturated carbocycles. The number of hydrogen-bond acceptors (Lipinski definition) is 11. The Hall–Kier alpha value is -0.440. The smallest absolute Gasteiger partial charge is 0.187 e. The number of aliphatic hydroxyl groups is 8. The molecule has 2 saturated heterocycles. The molecule has 11 heteroatoms. The van der Waals surface area contributed by atoms with Crippen molar-refractivity contribution in [3.05, 3.63) is 0 Å². The molecule has 2 fully saturated rings.